The summed E-state index contributed by atoms with van der Waals surface area (Å²) in [4.78, 5) is 0. The molecule has 2 aliphatic carbocycles. The molecule has 15 atom stereocenters. The van der Waals surface area contributed by atoms with E-state index in [-0.39, 0.29) is 36.4 Å². The van der Waals surface area contributed by atoms with Crippen molar-refractivity contribution in [1.82, 2.24) is 0 Å². The third-order valence-corrected chi connectivity index (χ3v) is 10.2. The van der Waals surface area contributed by atoms with E-state index in [2.05, 4.69) is 20.8 Å². The quantitative estimate of drug-likeness (QED) is 0.159. The average molecular weight is 565 g/mol. The van der Waals surface area contributed by atoms with Gasteiger partial charge in [0.25, 0.3) is 0 Å². The minimum absolute atomic E-state index is 0.108. The van der Waals surface area contributed by atoms with E-state index >= 15 is 0 Å². The molecule has 8 N–H and O–H groups in total. The molecule has 0 spiro atoms. The maximum absolute atomic E-state index is 10.5. The van der Waals surface area contributed by atoms with Gasteiger partial charge in [-0.15, -0.1) is 0 Å². The van der Waals surface area contributed by atoms with E-state index in [4.69, 9.17) is 18.9 Å². The first-order chi connectivity index (χ1) is 18.4. The van der Waals surface area contributed by atoms with E-state index in [0.717, 1.165) is 25.7 Å². The highest BCUT2D eigenvalue weighted by atomic mass is 16.7. The van der Waals surface area contributed by atoms with Crippen LogP contribution in [0.4, 0.5) is 0 Å². The van der Waals surface area contributed by atoms with Crippen LogP contribution in [0.3, 0.4) is 0 Å². The van der Waals surface area contributed by atoms with Gasteiger partial charge < -0.3 is 59.8 Å². The highest BCUT2D eigenvalue weighted by Gasteiger charge is 2.55. The monoisotopic (exact) mass is 564 g/mol. The Morgan fingerprint density at radius 1 is 0.718 bits per heavy atom. The van der Waals surface area contributed by atoms with Crippen LogP contribution in [-0.2, 0) is 18.9 Å². The van der Waals surface area contributed by atoms with Crippen molar-refractivity contribution in [3.8, 4) is 0 Å². The second-order valence-electron chi connectivity index (χ2n) is 12.6. The summed E-state index contributed by atoms with van der Waals surface area (Å²) < 4.78 is 23.1. The van der Waals surface area contributed by atoms with Gasteiger partial charge in [-0.2, -0.15) is 0 Å². The fraction of sp³-hybridized carbons (Fsp3) is 1.00. The number of rotatable bonds is 9. The smallest absolute Gasteiger partial charge is 0.186 e. The SMILES string of the molecule is CC(C)C1CCC2(C)C(COC3OC(CO)C(O)C(O)C3O)CCC2C1COC1OC(CO)C(O)C(O)C1O. The predicted molar refractivity (Wildman–Crippen MR) is 135 cm³/mol. The van der Waals surface area contributed by atoms with Gasteiger partial charge >= 0.3 is 0 Å². The third kappa shape index (κ3) is 6.04. The summed E-state index contributed by atoms with van der Waals surface area (Å²) >= 11 is 0. The number of ether oxygens (including phenoxy) is 4. The van der Waals surface area contributed by atoms with E-state index < -0.39 is 74.6 Å². The molecular formula is C27H48O12. The normalized spacial score (nSPS) is 50.8. The minimum atomic E-state index is -1.49. The van der Waals surface area contributed by atoms with Crippen molar-refractivity contribution in [3.63, 3.8) is 0 Å². The molecule has 0 aromatic heterocycles. The molecule has 15 unspecified atom stereocenters. The van der Waals surface area contributed by atoms with Crippen LogP contribution in [0, 0.1) is 35.0 Å². The summed E-state index contributed by atoms with van der Waals surface area (Å²) in [5, 5.41) is 80.2. The first kappa shape index (κ1) is 31.5. The highest BCUT2D eigenvalue weighted by molar-refractivity contribution is 5.03. The fourth-order valence-corrected chi connectivity index (χ4v) is 7.59. The molecule has 4 rings (SSSR count). The lowest BCUT2D eigenvalue weighted by atomic mass is 9.56. The molecule has 0 bridgehead atoms. The van der Waals surface area contributed by atoms with Crippen LogP contribution in [0.2, 0.25) is 0 Å². The molecule has 2 saturated carbocycles. The summed E-state index contributed by atoms with van der Waals surface area (Å²) in [6.45, 7) is 6.14. The van der Waals surface area contributed by atoms with Crippen LogP contribution in [0.5, 0.6) is 0 Å². The van der Waals surface area contributed by atoms with E-state index in [1.165, 1.54) is 0 Å². The van der Waals surface area contributed by atoms with Gasteiger partial charge in [0.15, 0.2) is 12.6 Å². The Morgan fingerprint density at radius 2 is 1.23 bits per heavy atom. The Kier molecular flexibility index (Phi) is 10.3. The van der Waals surface area contributed by atoms with Crippen molar-refractivity contribution < 1.29 is 59.8 Å². The first-order valence-corrected chi connectivity index (χ1v) is 14.3. The Hall–Kier alpha value is -0.480. The molecule has 2 aliphatic heterocycles. The zero-order chi connectivity index (χ0) is 28.6. The van der Waals surface area contributed by atoms with Gasteiger partial charge in [0.2, 0.25) is 0 Å². The van der Waals surface area contributed by atoms with Crippen molar-refractivity contribution in [2.75, 3.05) is 26.4 Å². The van der Waals surface area contributed by atoms with Crippen LogP contribution in [0.25, 0.3) is 0 Å². The van der Waals surface area contributed by atoms with E-state index in [0.29, 0.717) is 11.8 Å². The average Bonchev–Trinajstić information content (AvgIpc) is 3.25. The lowest BCUT2D eigenvalue weighted by Crippen LogP contribution is -2.59. The lowest BCUT2D eigenvalue weighted by Gasteiger charge is -2.50. The Morgan fingerprint density at radius 3 is 1.72 bits per heavy atom. The molecule has 0 radical (unpaired) electrons. The van der Waals surface area contributed by atoms with Crippen molar-refractivity contribution >= 4 is 0 Å². The standard InChI is InChI=1S/C27H48O12/c1-12(2)14-6-7-27(3)13(10-36-25-23(34)21(32)19(30)17(8-28)38-25)4-5-16(27)15(14)11-37-26-24(35)22(33)20(31)18(9-29)39-26/h12-26,28-35H,4-11H2,1-3H3. The van der Waals surface area contributed by atoms with E-state index in [9.17, 15) is 40.9 Å². The Bertz CT molecular complexity index is 782. The van der Waals surface area contributed by atoms with Gasteiger partial charge in [-0.05, 0) is 60.7 Å². The molecule has 39 heavy (non-hydrogen) atoms. The molecule has 4 fully saturated rings. The summed E-state index contributed by atoms with van der Waals surface area (Å²) in [6, 6.07) is 0. The van der Waals surface area contributed by atoms with Crippen LogP contribution >= 0.6 is 0 Å². The number of hydrogen-bond donors (Lipinski definition) is 8. The summed E-state index contributed by atoms with van der Waals surface area (Å²) in [7, 11) is 0. The van der Waals surface area contributed by atoms with Gasteiger partial charge in [0, 0.05) is 0 Å². The number of hydrogen-bond acceptors (Lipinski definition) is 12. The second-order valence-corrected chi connectivity index (χ2v) is 12.6. The van der Waals surface area contributed by atoms with E-state index in [1.807, 2.05) is 0 Å². The maximum atomic E-state index is 10.5. The summed E-state index contributed by atoms with van der Waals surface area (Å²) in [6.07, 6.45) is -9.40. The summed E-state index contributed by atoms with van der Waals surface area (Å²) in [5.41, 5.74) is -0.108. The maximum Gasteiger partial charge on any atom is 0.186 e. The largest absolute Gasteiger partial charge is 0.394 e. The van der Waals surface area contributed by atoms with Crippen molar-refractivity contribution in [1.29, 1.82) is 0 Å². The van der Waals surface area contributed by atoms with Gasteiger partial charge in [0.1, 0.15) is 48.8 Å². The summed E-state index contributed by atoms with van der Waals surface area (Å²) in [5.74, 6) is 1.29. The molecular weight excluding hydrogens is 516 g/mol. The van der Waals surface area contributed by atoms with Gasteiger partial charge in [-0.25, -0.2) is 0 Å². The van der Waals surface area contributed by atoms with Crippen LogP contribution in [-0.4, -0.2) is 129 Å². The molecule has 228 valence electrons. The van der Waals surface area contributed by atoms with Crippen LogP contribution in [0.15, 0.2) is 0 Å². The van der Waals surface area contributed by atoms with Crippen molar-refractivity contribution in [2.45, 2.75) is 108 Å². The Balaban J connectivity index is 1.42. The molecule has 4 aliphatic rings. The molecule has 12 nitrogen and oxygen atoms in total. The molecule has 12 heteroatoms. The first-order valence-electron chi connectivity index (χ1n) is 14.3. The van der Waals surface area contributed by atoms with Crippen molar-refractivity contribution in [2.24, 2.45) is 35.0 Å². The topological polar surface area (TPSA) is 199 Å². The number of aliphatic hydroxyl groups is 8. The number of fused-ring (bicyclic) bond motifs is 1. The third-order valence-electron chi connectivity index (χ3n) is 10.2. The molecule has 2 heterocycles. The van der Waals surface area contributed by atoms with Crippen LogP contribution < -0.4 is 0 Å². The van der Waals surface area contributed by atoms with Gasteiger partial charge in [-0.1, -0.05) is 20.8 Å². The Labute approximate surface area is 229 Å². The highest BCUT2D eigenvalue weighted by Crippen LogP contribution is 2.60. The van der Waals surface area contributed by atoms with E-state index in [1.54, 1.807) is 0 Å². The fourth-order valence-electron chi connectivity index (χ4n) is 7.59. The zero-order valence-corrected chi connectivity index (χ0v) is 23.0. The lowest BCUT2D eigenvalue weighted by molar-refractivity contribution is -0.307. The molecule has 0 aromatic carbocycles. The number of aliphatic hydroxyl groups excluding tert-OH is 8. The minimum Gasteiger partial charge on any atom is -0.394 e. The molecule has 0 amide bonds. The molecule has 0 aromatic rings. The van der Waals surface area contributed by atoms with Gasteiger partial charge in [-0.3, -0.25) is 0 Å². The van der Waals surface area contributed by atoms with Gasteiger partial charge in [0.05, 0.1) is 26.4 Å². The van der Waals surface area contributed by atoms with Crippen molar-refractivity contribution in [3.05, 3.63) is 0 Å². The van der Waals surface area contributed by atoms with Crippen LogP contribution in [0.1, 0.15) is 46.5 Å². The predicted octanol–water partition coefficient (Wildman–Crippen LogP) is -1.67. The second kappa shape index (κ2) is 12.8. The zero-order valence-electron chi connectivity index (χ0n) is 23.0. The molecule has 2 saturated heterocycles.